The van der Waals surface area contributed by atoms with E-state index < -0.39 is 11.3 Å². The van der Waals surface area contributed by atoms with Gasteiger partial charge in [-0.15, -0.1) is 0 Å². The number of Topliss-reactive ketones (excluding diaryl/α,β-unsaturated/α-hetero) is 1. The molecule has 1 amide bonds. The number of carbonyl (C=O) groups is 2. The number of nitrogens with one attached hydrogen (secondary N) is 2. The summed E-state index contributed by atoms with van der Waals surface area (Å²) in [7, 11) is 0. The van der Waals surface area contributed by atoms with Crippen LogP contribution in [0.15, 0.2) is 46.8 Å². The first-order chi connectivity index (χ1) is 12.2. The second kappa shape index (κ2) is 7.02. The fourth-order valence-electron chi connectivity index (χ4n) is 2.57. The highest BCUT2D eigenvalue weighted by Crippen LogP contribution is 2.45. The van der Waals surface area contributed by atoms with Gasteiger partial charge >= 0.3 is 0 Å². The molecule has 0 unspecified atom stereocenters. The van der Waals surface area contributed by atoms with Gasteiger partial charge in [0.2, 0.25) is 0 Å². The Balaban J connectivity index is 1.81. The molecule has 5 nitrogen and oxygen atoms in total. The monoisotopic (exact) mass is 453 g/mol. The van der Waals surface area contributed by atoms with Crippen molar-refractivity contribution in [1.29, 1.82) is 0 Å². The first kappa shape index (κ1) is 18.9. The van der Waals surface area contributed by atoms with Gasteiger partial charge in [-0.3, -0.25) is 14.6 Å². The first-order valence-electron chi connectivity index (χ1n) is 7.64. The quantitative estimate of drug-likeness (QED) is 0.660. The summed E-state index contributed by atoms with van der Waals surface area (Å²) < 4.78 is 0.535. The van der Waals surface area contributed by atoms with Crippen LogP contribution in [0.25, 0.3) is 0 Å². The molecule has 0 fully saturated rings. The number of nitrogens with zero attached hydrogens (tertiary/aromatic N) is 1. The molecule has 26 heavy (non-hydrogen) atoms. The Morgan fingerprint density at radius 2 is 1.77 bits per heavy atom. The Morgan fingerprint density at radius 3 is 2.38 bits per heavy atom. The number of anilines is 2. The predicted molar refractivity (Wildman–Crippen MR) is 107 cm³/mol. The van der Waals surface area contributed by atoms with E-state index in [0.717, 1.165) is 11.4 Å². The van der Waals surface area contributed by atoms with Crippen molar-refractivity contribution in [1.82, 2.24) is 4.98 Å². The lowest BCUT2D eigenvalue weighted by Gasteiger charge is -2.37. The molecule has 1 aromatic carbocycles. The fraction of sp³-hybridized carbons (Fsp3) is 0.167. The average molecular weight is 455 g/mol. The smallest absolute Gasteiger partial charge is 0.258 e. The maximum atomic E-state index is 12.5. The van der Waals surface area contributed by atoms with Crippen molar-refractivity contribution in [2.75, 3.05) is 10.6 Å². The van der Waals surface area contributed by atoms with Gasteiger partial charge in [-0.2, -0.15) is 0 Å². The van der Waals surface area contributed by atoms with Crippen molar-refractivity contribution in [3.8, 4) is 0 Å². The highest BCUT2D eigenvalue weighted by atomic mass is 79.9. The molecule has 1 heterocycles. The van der Waals surface area contributed by atoms with Crippen LogP contribution in [0.5, 0.6) is 0 Å². The van der Waals surface area contributed by atoms with Crippen LogP contribution >= 0.6 is 39.1 Å². The van der Waals surface area contributed by atoms with Crippen LogP contribution < -0.4 is 10.6 Å². The minimum absolute atomic E-state index is 0.0476. The van der Waals surface area contributed by atoms with Gasteiger partial charge in [0.1, 0.15) is 0 Å². The Morgan fingerprint density at radius 1 is 1.15 bits per heavy atom. The van der Waals surface area contributed by atoms with Gasteiger partial charge in [-0.1, -0.05) is 29.3 Å². The molecule has 3 rings (SSSR count). The van der Waals surface area contributed by atoms with E-state index in [-0.39, 0.29) is 21.4 Å². The maximum absolute atomic E-state index is 12.5. The molecule has 1 aromatic heterocycles. The lowest BCUT2D eigenvalue weighted by Crippen LogP contribution is -2.40. The molecule has 2 aromatic rings. The van der Waals surface area contributed by atoms with E-state index in [1.54, 1.807) is 18.2 Å². The second-order valence-electron chi connectivity index (χ2n) is 6.28. The Bertz CT molecular complexity index is 937. The number of benzene rings is 1. The predicted octanol–water partition coefficient (Wildman–Crippen LogP) is 5.27. The fourth-order valence-corrected chi connectivity index (χ4v) is 4.19. The third kappa shape index (κ3) is 3.37. The number of halogens is 3. The lowest BCUT2D eigenvalue weighted by atomic mass is 9.74. The van der Waals surface area contributed by atoms with Gasteiger partial charge < -0.3 is 10.6 Å². The summed E-state index contributed by atoms with van der Waals surface area (Å²) in [6, 6.07) is 7.13. The molecule has 1 aliphatic carbocycles. The number of rotatable bonds is 4. The molecule has 0 bridgehead atoms. The number of aromatic nitrogens is 1. The molecule has 0 saturated heterocycles. The van der Waals surface area contributed by atoms with Gasteiger partial charge in [0.25, 0.3) is 5.91 Å². The van der Waals surface area contributed by atoms with Gasteiger partial charge in [-0.25, -0.2) is 0 Å². The minimum Gasteiger partial charge on any atom is -0.357 e. The Kier molecular flexibility index (Phi) is 5.10. The number of pyridine rings is 1. The summed E-state index contributed by atoms with van der Waals surface area (Å²) in [5.74, 6) is -0.384. The molecule has 134 valence electrons. The highest BCUT2D eigenvalue weighted by Gasteiger charge is 2.45. The molecule has 0 atom stereocenters. The first-order valence-corrected chi connectivity index (χ1v) is 9.19. The van der Waals surface area contributed by atoms with E-state index in [1.165, 1.54) is 12.4 Å². The number of ketones is 1. The van der Waals surface area contributed by atoms with Crippen LogP contribution in [0, 0.1) is 5.41 Å². The van der Waals surface area contributed by atoms with Crippen LogP contribution in [-0.2, 0) is 4.79 Å². The summed E-state index contributed by atoms with van der Waals surface area (Å²) in [4.78, 5) is 28.2. The van der Waals surface area contributed by atoms with Crippen LogP contribution in [0.4, 0.5) is 11.4 Å². The SMILES string of the molecule is CC1(C)C(=O)C(Br)=C1Nc1cccc(NC(=O)c2c(Cl)cncc2Cl)c1. The minimum atomic E-state index is -0.573. The number of hydrogen-bond donors (Lipinski definition) is 2. The van der Waals surface area contributed by atoms with Crippen molar-refractivity contribution >= 4 is 62.2 Å². The molecule has 1 aliphatic rings. The van der Waals surface area contributed by atoms with Crippen LogP contribution in [0.2, 0.25) is 10.0 Å². The van der Waals surface area contributed by atoms with Crippen molar-refractivity contribution in [2.24, 2.45) is 5.41 Å². The van der Waals surface area contributed by atoms with E-state index in [2.05, 4.69) is 31.5 Å². The Hall–Kier alpha value is -1.89. The van der Waals surface area contributed by atoms with E-state index in [9.17, 15) is 9.59 Å². The molecule has 0 aliphatic heterocycles. The van der Waals surface area contributed by atoms with E-state index in [0.29, 0.717) is 10.2 Å². The van der Waals surface area contributed by atoms with Gasteiger partial charge in [-0.05, 0) is 48.0 Å². The molecule has 2 N–H and O–H groups in total. The third-order valence-electron chi connectivity index (χ3n) is 4.08. The summed E-state index contributed by atoms with van der Waals surface area (Å²) in [5, 5.41) is 6.33. The highest BCUT2D eigenvalue weighted by molar-refractivity contribution is 9.12. The summed E-state index contributed by atoms with van der Waals surface area (Å²) in [6.07, 6.45) is 2.72. The van der Waals surface area contributed by atoms with Crippen LogP contribution in [-0.4, -0.2) is 16.7 Å². The standard InChI is InChI=1S/C18H14BrCl2N3O2/c1-18(2)15(14(19)16(18)25)23-9-4-3-5-10(6-9)24-17(26)13-11(20)7-22-8-12(13)21/h3-8,23H,1-2H3,(H,24,26). The van der Waals surface area contributed by atoms with Gasteiger partial charge in [0.05, 0.1) is 25.5 Å². The van der Waals surface area contributed by atoms with Crippen LogP contribution in [0.3, 0.4) is 0 Å². The molecule has 0 radical (unpaired) electrons. The number of allylic oxidation sites excluding steroid dienone is 2. The summed E-state index contributed by atoms with van der Waals surface area (Å²) in [6.45, 7) is 3.70. The van der Waals surface area contributed by atoms with Crippen LogP contribution in [0.1, 0.15) is 24.2 Å². The van der Waals surface area contributed by atoms with E-state index >= 15 is 0 Å². The van der Waals surface area contributed by atoms with E-state index in [4.69, 9.17) is 23.2 Å². The van der Waals surface area contributed by atoms with Gasteiger partial charge in [0, 0.05) is 29.5 Å². The second-order valence-corrected chi connectivity index (χ2v) is 7.89. The Labute approximate surface area is 168 Å². The molecule has 0 saturated carbocycles. The molecule has 0 spiro atoms. The third-order valence-corrected chi connectivity index (χ3v) is 5.41. The molecular formula is C18H14BrCl2N3O2. The normalized spacial score (nSPS) is 15.5. The van der Waals surface area contributed by atoms with Gasteiger partial charge in [0.15, 0.2) is 5.78 Å². The largest absolute Gasteiger partial charge is 0.357 e. The number of hydrogen-bond acceptors (Lipinski definition) is 4. The number of amides is 1. The number of carbonyl (C=O) groups excluding carboxylic acids is 2. The molecular weight excluding hydrogens is 441 g/mol. The van der Waals surface area contributed by atoms with Crippen molar-refractivity contribution < 1.29 is 9.59 Å². The van der Waals surface area contributed by atoms with Crippen molar-refractivity contribution in [2.45, 2.75) is 13.8 Å². The zero-order valence-corrected chi connectivity index (χ0v) is 17.0. The zero-order valence-electron chi connectivity index (χ0n) is 13.9. The zero-order chi connectivity index (χ0) is 19.1. The lowest BCUT2D eigenvalue weighted by molar-refractivity contribution is -0.123. The molecule has 8 heteroatoms. The van der Waals surface area contributed by atoms with Crippen molar-refractivity contribution in [3.63, 3.8) is 0 Å². The van der Waals surface area contributed by atoms with E-state index in [1.807, 2.05) is 19.9 Å². The average Bonchev–Trinajstić information content (AvgIpc) is 2.59. The summed E-state index contributed by atoms with van der Waals surface area (Å²) in [5.41, 5.74) is 1.69. The topological polar surface area (TPSA) is 71.1 Å². The van der Waals surface area contributed by atoms with Crippen molar-refractivity contribution in [3.05, 3.63) is 62.4 Å². The maximum Gasteiger partial charge on any atom is 0.258 e. The summed E-state index contributed by atoms with van der Waals surface area (Å²) >= 11 is 15.3.